The van der Waals surface area contributed by atoms with Crippen LogP contribution in [0.1, 0.15) is 6.92 Å². The van der Waals surface area contributed by atoms with Crippen LogP contribution in [0.25, 0.3) is 0 Å². The molecule has 0 heterocycles. The highest BCUT2D eigenvalue weighted by atomic mass is 79.9. The van der Waals surface area contributed by atoms with Gasteiger partial charge < -0.3 is 0 Å². The van der Waals surface area contributed by atoms with Crippen LogP contribution in [-0.4, -0.2) is 5.33 Å². The summed E-state index contributed by atoms with van der Waals surface area (Å²) in [4.78, 5) is 0. The zero-order valence-electron chi connectivity index (χ0n) is 3.54. The fourth-order valence-electron chi connectivity index (χ4n) is 0.0292. The summed E-state index contributed by atoms with van der Waals surface area (Å²) in [6.07, 6.45) is 0. The molecule has 0 amide bonds. The van der Waals surface area contributed by atoms with Gasteiger partial charge in [-0.25, -0.2) is 0 Å². The van der Waals surface area contributed by atoms with Crippen LogP contribution in [-0.2, 0) is 0 Å². The molecule has 36 valence electrons. The van der Waals surface area contributed by atoms with Gasteiger partial charge in [0.2, 0.25) is 0 Å². The van der Waals surface area contributed by atoms with Crippen LogP contribution in [0.3, 0.4) is 0 Å². The molecule has 0 aliphatic heterocycles. The molecule has 0 nitrogen and oxygen atoms in total. The molecule has 0 atom stereocenters. The topological polar surface area (TPSA) is 0 Å². The van der Waals surface area contributed by atoms with Crippen molar-refractivity contribution in [2.75, 3.05) is 5.33 Å². The van der Waals surface area contributed by atoms with E-state index >= 15 is 0 Å². The fourth-order valence-corrected chi connectivity index (χ4v) is 0.455. The van der Waals surface area contributed by atoms with Crippen molar-refractivity contribution in [1.82, 2.24) is 0 Å². The number of halogens is 2. The lowest BCUT2D eigenvalue weighted by atomic mass is 10.4. The van der Waals surface area contributed by atoms with E-state index in [1.807, 2.05) is 6.92 Å². The third kappa shape index (κ3) is 2.73. The van der Waals surface area contributed by atoms with Crippen molar-refractivity contribution < 1.29 is 0 Å². The van der Waals surface area contributed by atoms with Crippen molar-refractivity contribution in [3.8, 4) is 0 Å². The minimum Gasteiger partial charge on any atom is -0.0930 e. The minimum atomic E-state index is 0.872. The van der Waals surface area contributed by atoms with Crippen molar-refractivity contribution in [2.45, 2.75) is 6.92 Å². The number of allylic oxidation sites excluding steroid dienone is 1. The van der Waals surface area contributed by atoms with Crippen LogP contribution in [0.15, 0.2) is 11.1 Å². The van der Waals surface area contributed by atoms with Crippen molar-refractivity contribution in [3.05, 3.63) is 11.1 Å². The lowest BCUT2D eigenvalue weighted by Crippen LogP contribution is -1.68. The smallest absolute Gasteiger partial charge is 0.0250 e. The molecule has 0 aromatic heterocycles. The van der Waals surface area contributed by atoms with Gasteiger partial charge in [0.15, 0.2) is 0 Å². The highest BCUT2D eigenvalue weighted by Crippen LogP contribution is 1.97. The zero-order valence-corrected chi connectivity index (χ0v) is 5.88. The molecule has 0 unspecified atom stereocenters. The Morgan fingerprint density at radius 2 is 2.50 bits per heavy atom. The van der Waals surface area contributed by atoms with E-state index in [9.17, 15) is 0 Å². The van der Waals surface area contributed by atoms with E-state index in [0.717, 1.165) is 10.9 Å². The second kappa shape index (κ2) is 3.69. The first kappa shape index (κ1) is 6.51. The maximum Gasteiger partial charge on any atom is 0.0250 e. The largest absolute Gasteiger partial charge is 0.0930 e. The van der Waals surface area contributed by atoms with Crippen LogP contribution < -0.4 is 0 Å². The first-order chi connectivity index (χ1) is 2.81. The molecule has 0 aliphatic carbocycles. The third-order valence-corrected chi connectivity index (χ3v) is 1.65. The Morgan fingerprint density at radius 1 is 2.00 bits per heavy atom. The molecule has 0 saturated carbocycles. The molecule has 6 heavy (non-hydrogen) atoms. The number of alkyl halides is 1. The summed E-state index contributed by atoms with van der Waals surface area (Å²) in [6.45, 7) is 1.96. The van der Waals surface area contributed by atoms with E-state index in [-0.39, 0.29) is 0 Å². The molecule has 0 saturated heterocycles. The van der Waals surface area contributed by atoms with Gasteiger partial charge in [-0.2, -0.15) is 0 Å². The van der Waals surface area contributed by atoms with Crippen LogP contribution in [0, 0.1) is 0 Å². The first-order valence-electron chi connectivity index (χ1n) is 1.63. The molecular weight excluding hydrogens is 163 g/mol. The van der Waals surface area contributed by atoms with E-state index in [4.69, 9.17) is 11.6 Å². The molecule has 0 aromatic carbocycles. The maximum atomic E-state index is 5.26. The molecule has 0 bridgehead atoms. The SMILES string of the molecule is CC(=CCl)CBr. The van der Waals surface area contributed by atoms with E-state index in [1.54, 1.807) is 5.54 Å². The predicted octanol–water partition coefficient (Wildman–Crippen LogP) is 2.52. The van der Waals surface area contributed by atoms with Crippen molar-refractivity contribution in [1.29, 1.82) is 0 Å². The molecule has 0 radical (unpaired) electrons. The van der Waals surface area contributed by atoms with Crippen LogP contribution in [0.2, 0.25) is 0 Å². The zero-order chi connectivity index (χ0) is 4.99. The molecule has 0 N–H and O–H groups in total. The summed E-state index contributed by atoms with van der Waals surface area (Å²) in [7, 11) is 0. The normalized spacial score (nSPS) is 12.2. The van der Waals surface area contributed by atoms with Gasteiger partial charge in [0.05, 0.1) is 0 Å². The maximum absolute atomic E-state index is 5.26. The number of rotatable bonds is 1. The van der Waals surface area contributed by atoms with Gasteiger partial charge in [-0.1, -0.05) is 33.1 Å². The molecule has 0 rings (SSSR count). The third-order valence-electron chi connectivity index (χ3n) is 0.397. The molecule has 0 fully saturated rings. The minimum absolute atomic E-state index is 0.872. The highest BCUT2D eigenvalue weighted by molar-refractivity contribution is 9.09. The Morgan fingerprint density at radius 3 is 2.50 bits per heavy atom. The molecular formula is C4H6BrCl. The lowest BCUT2D eigenvalue weighted by Gasteiger charge is -1.81. The second-order valence-electron chi connectivity index (χ2n) is 1.09. The first-order valence-corrected chi connectivity index (χ1v) is 3.19. The van der Waals surface area contributed by atoms with Gasteiger partial charge in [0.25, 0.3) is 0 Å². The second-order valence-corrected chi connectivity index (χ2v) is 1.87. The fraction of sp³-hybridized carbons (Fsp3) is 0.500. The van der Waals surface area contributed by atoms with Gasteiger partial charge in [0, 0.05) is 10.9 Å². The molecule has 0 spiro atoms. The average molecular weight is 169 g/mol. The average Bonchev–Trinajstić information content (AvgIpc) is 1.65. The van der Waals surface area contributed by atoms with Crippen LogP contribution >= 0.6 is 27.5 Å². The van der Waals surface area contributed by atoms with E-state index < -0.39 is 0 Å². The monoisotopic (exact) mass is 168 g/mol. The molecule has 0 aliphatic rings. The summed E-state index contributed by atoms with van der Waals surface area (Å²) < 4.78 is 0. The van der Waals surface area contributed by atoms with Gasteiger partial charge in [-0.3, -0.25) is 0 Å². The number of hydrogen-bond acceptors (Lipinski definition) is 0. The van der Waals surface area contributed by atoms with Crippen molar-refractivity contribution in [3.63, 3.8) is 0 Å². The highest BCUT2D eigenvalue weighted by Gasteiger charge is 1.76. The summed E-state index contributed by atoms with van der Waals surface area (Å²) >= 11 is 8.48. The van der Waals surface area contributed by atoms with Gasteiger partial charge in [-0.05, 0) is 6.92 Å². The molecule has 2 heteroatoms. The number of hydrogen-bond donors (Lipinski definition) is 0. The van der Waals surface area contributed by atoms with E-state index in [0.29, 0.717) is 0 Å². The van der Waals surface area contributed by atoms with Crippen LogP contribution in [0.5, 0.6) is 0 Å². The van der Waals surface area contributed by atoms with Gasteiger partial charge >= 0.3 is 0 Å². The van der Waals surface area contributed by atoms with Crippen LogP contribution in [0.4, 0.5) is 0 Å². The Balaban J connectivity index is 3.22. The Kier molecular flexibility index (Phi) is 4.01. The van der Waals surface area contributed by atoms with Gasteiger partial charge in [-0.15, -0.1) is 0 Å². The Bertz CT molecular complexity index is 58.6. The van der Waals surface area contributed by atoms with Crippen molar-refractivity contribution in [2.24, 2.45) is 0 Å². The lowest BCUT2D eigenvalue weighted by molar-refractivity contribution is 1.45. The quantitative estimate of drug-likeness (QED) is 0.529. The standard InChI is InChI=1S/C4H6BrCl/c1-4(2-5)3-6/h3H,2H2,1H3. The van der Waals surface area contributed by atoms with E-state index in [1.165, 1.54) is 0 Å². The summed E-state index contributed by atoms with van der Waals surface area (Å²) in [5.74, 6) is 0. The van der Waals surface area contributed by atoms with Crippen molar-refractivity contribution >= 4 is 27.5 Å². The summed E-state index contributed by atoms with van der Waals surface area (Å²) in [6, 6.07) is 0. The van der Waals surface area contributed by atoms with E-state index in [2.05, 4.69) is 15.9 Å². The summed E-state index contributed by atoms with van der Waals surface area (Å²) in [5.41, 5.74) is 2.71. The van der Waals surface area contributed by atoms with Gasteiger partial charge in [0.1, 0.15) is 0 Å². The Hall–Kier alpha value is 0.510. The Labute approximate surface area is 51.3 Å². The predicted molar refractivity (Wildman–Crippen MR) is 33.4 cm³/mol. The summed E-state index contributed by atoms with van der Waals surface area (Å²) in [5, 5.41) is 0.872. The molecule has 0 aromatic rings.